The Morgan fingerprint density at radius 1 is 0.933 bits per heavy atom. The zero-order chi connectivity index (χ0) is 21.0. The molecular weight excluding hydrogens is 390 g/mol. The number of amides is 1. The molecule has 0 aromatic heterocycles. The fraction of sp³-hybridized carbons (Fsp3) is 0.296. The Bertz CT molecular complexity index is 965. The highest BCUT2D eigenvalue weighted by Gasteiger charge is 2.46. The van der Waals surface area contributed by atoms with Crippen LogP contribution in [0.1, 0.15) is 48.8 Å². The van der Waals surface area contributed by atoms with E-state index in [9.17, 15) is 4.79 Å². The van der Waals surface area contributed by atoms with E-state index in [1.165, 1.54) is 11.1 Å². The molecule has 3 aromatic rings. The van der Waals surface area contributed by atoms with Gasteiger partial charge < -0.3 is 5.32 Å². The van der Waals surface area contributed by atoms with Crippen LogP contribution in [0.2, 0.25) is 5.02 Å². The van der Waals surface area contributed by atoms with Gasteiger partial charge in [0.25, 0.3) is 0 Å². The lowest BCUT2D eigenvalue weighted by Gasteiger charge is -2.42. The number of hydrogen-bond donors (Lipinski definition) is 1. The lowest BCUT2D eigenvalue weighted by molar-refractivity contribution is -0.130. The summed E-state index contributed by atoms with van der Waals surface area (Å²) in [5, 5.41) is 4.13. The van der Waals surface area contributed by atoms with Crippen molar-refractivity contribution in [2.45, 2.75) is 50.0 Å². The third-order valence-electron chi connectivity index (χ3n) is 6.53. The summed E-state index contributed by atoms with van der Waals surface area (Å²) in [5.74, 6) is 0.341. The van der Waals surface area contributed by atoms with E-state index in [0.717, 1.165) is 36.3 Å². The van der Waals surface area contributed by atoms with Gasteiger partial charge in [-0.2, -0.15) is 0 Å². The van der Waals surface area contributed by atoms with Crippen LogP contribution in [-0.2, 0) is 16.6 Å². The van der Waals surface area contributed by atoms with Crippen molar-refractivity contribution in [1.82, 2.24) is 5.32 Å². The molecule has 2 nitrogen and oxygen atoms in total. The van der Waals surface area contributed by atoms with Crippen LogP contribution in [-0.4, -0.2) is 11.9 Å². The Labute approximate surface area is 184 Å². The topological polar surface area (TPSA) is 29.1 Å². The minimum absolute atomic E-state index is 0.0109. The van der Waals surface area contributed by atoms with Gasteiger partial charge in [-0.15, -0.1) is 0 Å². The number of hydrogen-bond acceptors (Lipinski definition) is 1. The summed E-state index contributed by atoms with van der Waals surface area (Å²) in [6.45, 7) is 2.13. The van der Waals surface area contributed by atoms with Crippen molar-refractivity contribution >= 4 is 17.5 Å². The maximum absolute atomic E-state index is 13.5. The van der Waals surface area contributed by atoms with Gasteiger partial charge in [-0.3, -0.25) is 4.79 Å². The third-order valence-corrected chi connectivity index (χ3v) is 6.78. The van der Waals surface area contributed by atoms with Crippen LogP contribution in [0.25, 0.3) is 0 Å². The number of nitrogens with one attached hydrogen (secondary N) is 1. The maximum atomic E-state index is 13.5. The number of halogens is 1. The van der Waals surface area contributed by atoms with E-state index < -0.39 is 0 Å². The second-order valence-corrected chi connectivity index (χ2v) is 8.85. The van der Waals surface area contributed by atoms with Crippen molar-refractivity contribution in [2.75, 3.05) is 0 Å². The van der Waals surface area contributed by atoms with Crippen LogP contribution in [0.3, 0.4) is 0 Å². The average Bonchev–Trinajstić information content (AvgIpc) is 2.74. The quantitative estimate of drug-likeness (QED) is 0.480. The molecule has 0 spiro atoms. The molecule has 4 rings (SSSR count). The molecule has 2 unspecified atom stereocenters. The third kappa shape index (κ3) is 4.29. The van der Waals surface area contributed by atoms with Gasteiger partial charge in [0.05, 0.1) is 5.41 Å². The van der Waals surface area contributed by atoms with Crippen molar-refractivity contribution < 1.29 is 4.79 Å². The molecule has 1 aliphatic rings. The molecular formula is C27H28ClNO. The predicted molar refractivity (Wildman–Crippen MR) is 124 cm³/mol. The van der Waals surface area contributed by atoms with Crippen molar-refractivity contribution in [3.8, 4) is 0 Å². The standard InChI is InChI=1S/C27H28ClNO/c1-20(29-26(30)27(17-8-18-27)23-11-6-3-7-12-23)25(22-9-4-2-5-10-22)19-21-13-15-24(28)16-14-21/h2-7,9-16,20,25H,8,17-19H2,1H3,(H,29,30). The highest BCUT2D eigenvalue weighted by molar-refractivity contribution is 6.30. The fourth-order valence-corrected chi connectivity index (χ4v) is 4.66. The second kappa shape index (κ2) is 9.06. The Hall–Kier alpha value is -2.58. The Morgan fingerprint density at radius 3 is 2.10 bits per heavy atom. The Morgan fingerprint density at radius 2 is 1.53 bits per heavy atom. The number of benzene rings is 3. The van der Waals surface area contributed by atoms with Crippen molar-refractivity contribution in [3.63, 3.8) is 0 Å². The minimum atomic E-state index is -0.378. The van der Waals surface area contributed by atoms with Gasteiger partial charge in [-0.1, -0.05) is 90.8 Å². The highest BCUT2D eigenvalue weighted by Crippen LogP contribution is 2.44. The van der Waals surface area contributed by atoms with Gasteiger partial charge in [0, 0.05) is 17.0 Å². The molecule has 0 heterocycles. The molecule has 0 bridgehead atoms. The first-order chi connectivity index (χ1) is 14.6. The van der Waals surface area contributed by atoms with E-state index >= 15 is 0 Å². The van der Waals surface area contributed by atoms with Gasteiger partial charge in [-0.25, -0.2) is 0 Å². The summed E-state index contributed by atoms with van der Waals surface area (Å²) >= 11 is 6.07. The molecule has 154 valence electrons. The summed E-state index contributed by atoms with van der Waals surface area (Å²) in [7, 11) is 0. The summed E-state index contributed by atoms with van der Waals surface area (Å²) in [6, 6.07) is 28.7. The van der Waals surface area contributed by atoms with Crippen LogP contribution in [0.4, 0.5) is 0 Å². The number of rotatable bonds is 7. The molecule has 0 radical (unpaired) electrons. The number of carbonyl (C=O) groups is 1. The van der Waals surface area contributed by atoms with E-state index in [-0.39, 0.29) is 23.3 Å². The summed E-state index contributed by atoms with van der Waals surface area (Å²) in [4.78, 5) is 13.5. The smallest absolute Gasteiger partial charge is 0.230 e. The van der Waals surface area contributed by atoms with Gasteiger partial charge in [0.1, 0.15) is 0 Å². The Balaban J connectivity index is 1.56. The fourth-order valence-electron chi connectivity index (χ4n) is 4.54. The second-order valence-electron chi connectivity index (χ2n) is 8.41. The van der Waals surface area contributed by atoms with E-state index in [0.29, 0.717) is 0 Å². The number of carbonyl (C=O) groups excluding carboxylic acids is 1. The van der Waals surface area contributed by atoms with Crippen LogP contribution in [0.15, 0.2) is 84.9 Å². The van der Waals surface area contributed by atoms with E-state index in [1.54, 1.807) is 0 Å². The molecule has 1 amide bonds. The molecule has 2 atom stereocenters. The molecule has 30 heavy (non-hydrogen) atoms. The predicted octanol–water partition coefficient (Wildman–Crippen LogP) is 6.29. The average molecular weight is 418 g/mol. The van der Waals surface area contributed by atoms with E-state index in [1.807, 2.05) is 36.4 Å². The van der Waals surface area contributed by atoms with Crippen LogP contribution < -0.4 is 5.32 Å². The lowest BCUT2D eigenvalue weighted by Crippen LogP contribution is -2.52. The summed E-state index contributed by atoms with van der Waals surface area (Å²) in [5.41, 5.74) is 3.21. The monoisotopic (exact) mass is 417 g/mol. The van der Waals surface area contributed by atoms with Crippen molar-refractivity contribution in [2.24, 2.45) is 0 Å². The first-order valence-corrected chi connectivity index (χ1v) is 11.1. The van der Waals surface area contributed by atoms with Gasteiger partial charge in [0.2, 0.25) is 5.91 Å². The van der Waals surface area contributed by atoms with Gasteiger partial charge >= 0.3 is 0 Å². The van der Waals surface area contributed by atoms with Crippen molar-refractivity contribution in [1.29, 1.82) is 0 Å². The largest absolute Gasteiger partial charge is 0.352 e. The molecule has 1 fully saturated rings. The van der Waals surface area contributed by atoms with E-state index in [2.05, 4.69) is 60.8 Å². The van der Waals surface area contributed by atoms with E-state index in [4.69, 9.17) is 11.6 Å². The van der Waals surface area contributed by atoms with Crippen molar-refractivity contribution in [3.05, 3.63) is 107 Å². The summed E-state index contributed by atoms with van der Waals surface area (Å²) in [6.07, 6.45) is 3.79. The van der Waals surface area contributed by atoms with Crippen LogP contribution >= 0.6 is 11.6 Å². The van der Waals surface area contributed by atoms with Crippen LogP contribution in [0, 0.1) is 0 Å². The van der Waals surface area contributed by atoms with Gasteiger partial charge in [0.15, 0.2) is 0 Å². The molecule has 1 aliphatic carbocycles. The van der Waals surface area contributed by atoms with Crippen LogP contribution in [0.5, 0.6) is 0 Å². The Kier molecular flexibility index (Phi) is 6.24. The molecule has 3 heteroatoms. The maximum Gasteiger partial charge on any atom is 0.230 e. The molecule has 1 saturated carbocycles. The molecule has 0 aliphatic heterocycles. The highest BCUT2D eigenvalue weighted by atomic mass is 35.5. The first-order valence-electron chi connectivity index (χ1n) is 10.7. The zero-order valence-electron chi connectivity index (χ0n) is 17.4. The SMILES string of the molecule is CC(NC(=O)C1(c2ccccc2)CCC1)C(Cc1ccc(Cl)cc1)c1ccccc1. The normalized spacial score (nSPS) is 16.9. The minimum Gasteiger partial charge on any atom is -0.352 e. The first kappa shape index (κ1) is 20.7. The summed E-state index contributed by atoms with van der Waals surface area (Å²) < 4.78 is 0. The molecule has 0 saturated heterocycles. The lowest BCUT2D eigenvalue weighted by atomic mass is 9.63. The zero-order valence-corrected chi connectivity index (χ0v) is 18.1. The molecule has 3 aromatic carbocycles. The van der Waals surface area contributed by atoms with Gasteiger partial charge in [-0.05, 0) is 55.0 Å². The molecule has 1 N–H and O–H groups in total.